The first-order valence-corrected chi connectivity index (χ1v) is 5.35. The van der Waals surface area contributed by atoms with Crippen molar-refractivity contribution in [1.82, 2.24) is 19.9 Å². The summed E-state index contributed by atoms with van der Waals surface area (Å²) in [5.74, 6) is 0. The van der Waals surface area contributed by atoms with Gasteiger partial charge in [0.25, 0.3) is 0 Å². The van der Waals surface area contributed by atoms with Crippen molar-refractivity contribution in [2.24, 2.45) is 0 Å². The number of fused-ring (bicyclic) bond motifs is 1. The van der Waals surface area contributed by atoms with E-state index in [4.69, 9.17) is 11.6 Å². The van der Waals surface area contributed by atoms with Crippen LogP contribution >= 0.6 is 11.6 Å². The minimum absolute atomic E-state index is 0.233. The molecule has 0 aliphatic heterocycles. The van der Waals surface area contributed by atoms with Crippen molar-refractivity contribution in [3.05, 3.63) is 23.7 Å². The Morgan fingerprint density at radius 3 is 2.88 bits per heavy atom. The molecule has 0 radical (unpaired) electrons. The van der Waals surface area contributed by atoms with Crippen LogP contribution < -0.4 is 5.32 Å². The van der Waals surface area contributed by atoms with Gasteiger partial charge >= 0.3 is 0 Å². The molecular weight excluding hydrogens is 228 g/mol. The molecule has 5 nitrogen and oxygen atoms in total. The first-order chi connectivity index (χ1) is 7.65. The van der Waals surface area contributed by atoms with E-state index in [2.05, 4.69) is 15.3 Å². The Morgan fingerprint density at radius 1 is 1.50 bits per heavy atom. The van der Waals surface area contributed by atoms with Crippen molar-refractivity contribution < 1.29 is 5.11 Å². The SMILES string of the molecule is CNC(C(C)O)n1cnc2c(Cl)nccc21. The molecule has 0 fully saturated rings. The second-order valence-corrected chi connectivity index (χ2v) is 3.95. The van der Waals surface area contributed by atoms with Crippen molar-refractivity contribution in [1.29, 1.82) is 0 Å². The van der Waals surface area contributed by atoms with Gasteiger partial charge in [0.1, 0.15) is 11.7 Å². The lowest BCUT2D eigenvalue weighted by molar-refractivity contribution is 0.117. The molecule has 0 amide bonds. The fourth-order valence-corrected chi connectivity index (χ4v) is 1.97. The van der Waals surface area contributed by atoms with Crippen LogP contribution in [0.15, 0.2) is 18.6 Å². The molecule has 0 aliphatic carbocycles. The van der Waals surface area contributed by atoms with Crippen LogP contribution in [0.25, 0.3) is 11.0 Å². The Bertz CT molecular complexity index is 497. The summed E-state index contributed by atoms with van der Waals surface area (Å²) >= 11 is 5.93. The van der Waals surface area contributed by atoms with Gasteiger partial charge in [-0.05, 0) is 20.0 Å². The highest BCUT2D eigenvalue weighted by molar-refractivity contribution is 6.33. The molecule has 6 heteroatoms. The van der Waals surface area contributed by atoms with Gasteiger partial charge in [-0.15, -0.1) is 0 Å². The molecule has 2 N–H and O–H groups in total. The lowest BCUT2D eigenvalue weighted by Gasteiger charge is -2.21. The Hall–Kier alpha value is -1.17. The summed E-state index contributed by atoms with van der Waals surface area (Å²) in [7, 11) is 1.78. The number of aliphatic hydroxyl groups excluding tert-OH is 1. The van der Waals surface area contributed by atoms with Crippen LogP contribution in [-0.2, 0) is 0 Å². The highest BCUT2D eigenvalue weighted by Crippen LogP contribution is 2.22. The summed E-state index contributed by atoms with van der Waals surface area (Å²) in [6, 6.07) is 1.82. The lowest BCUT2D eigenvalue weighted by Crippen LogP contribution is -2.32. The molecule has 16 heavy (non-hydrogen) atoms. The summed E-state index contributed by atoms with van der Waals surface area (Å²) < 4.78 is 1.84. The van der Waals surface area contributed by atoms with Crippen LogP contribution in [-0.4, -0.2) is 32.8 Å². The highest BCUT2D eigenvalue weighted by Gasteiger charge is 2.17. The number of nitrogens with one attached hydrogen (secondary N) is 1. The van der Waals surface area contributed by atoms with Crippen LogP contribution in [0.2, 0.25) is 5.15 Å². The van der Waals surface area contributed by atoms with E-state index in [0.717, 1.165) is 5.52 Å². The van der Waals surface area contributed by atoms with Crippen molar-refractivity contribution in [2.75, 3.05) is 7.05 Å². The molecule has 0 saturated carbocycles. The van der Waals surface area contributed by atoms with Gasteiger partial charge in [0, 0.05) is 6.20 Å². The molecule has 0 bridgehead atoms. The third kappa shape index (κ3) is 1.77. The molecule has 0 aliphatic rings. The molecular formula is C10H13ClN4O. The molecule has 2 unspecified atom stereocenters. The quantitative estimate of drug-likeness (QED) is 0.791. The number of pyridine rings is 1. The smallest absolute Gasteiger partial charge is 0.156 e. The van der Waals surface area contributed by atoms with E-state index in [0.29, 0.717) is 10.7 Å². The van der Waals surface area contributed by atoms with Crippen LogP contribution in [0.5, 0.6) is 0 Å². The maximum atomic E-state index is 9.65. The van der Waals surface area contributed by atoms with Crippen LogP contribution in [0.1, 0.15) is 13.1 Å². The van der Waals surface area contributed by atoms with Crippen LogP contribution in [0.4, 0.5) is 0 Å². The van der Waals surface area contributed by atoms with E-state index in [1.54, 1.807) is 26.5 Å². The number of nitrogens with zero attached hydrogens (tertiary/aromatic N) is 3. The normalized spacial score (nSPS) is 15.2. The van der Waals surface area contributed by atoms with E-state index >= 15 is 0 Å². The third-order valence-corrected chi connectivity index (χ3v) is 2.78. The Labute approximate surface area is 98.1 Å². The first kappa shape index (κ1) is 11.3. The van der Waals surface area contributed by atoms with E-state index in [1.807, 2.05) is 10.6 Å². The van der Waals surface area contributed by atoms with Gasteiger partial charge in [0.05, 0.1) is 17.9 Å². The number of rotatable bonds is 3. The second-order valence-electron chi connectivity index (χ2n) is 3.60. The molecule has 2 atom stereocenters. The largest absolute Gasteiger partial charge is 0.390 e. The number of likely N-dealkylation sites (N-methyl/N-ethyl adjacent to an activating group) is 1. The summed E-state index contributed by atoms with van der Waals surface area (Å²) in [6.07, 6.45) is 2.50. The van der Waals surface area contributed by atoms with Crippen molar-refractivity contribution in [2.45, 2.75) is 19.2 Å². The number of halogens is 1. The van der Waals surface area contributed by atoms with Gasteiger partial charge in [-0.25, -0.2) is 9.97 Å². The predicted octanol–water partition coefficient (Wildman–Crippen LogP) is 1.18. The summed E-state index contributed by atoms with van der Waals surface area (Å²) in [5.41, 5.74) is 1.49. The van der Waals surface area contributed by atoms with Crippen molar-refractivity contribution in [3.63, 3.8) is 0 Å². The Morgan fingerprint density at radius 2 is 2.25 bits per heavy atom. The molecule has 0 aromatic carbocycles. The number of hydrogen-bond acceptors (Lipinski definition) is 4. The number of hydrogen-bond donors (Lipinski definition) is 2. The average molecular weight is 241 g/mol. The molecule has 2 rings (SSSR count). The molecule has 86 valence electrons. The topological polar surface area (TPSA) is 63.0 Å². The van der Waals surface area contributed by atoms with E-state index in [1.165, 1.54) is 0 Å². The summed E-state index contributed by atoms with van der Waals surface area (Å²) in [6.45, 7) is 1.72. The molecule has 0 spiro atoms. The maximum Gasteiger partial charge on any atom is 0.156 e. The third-order valence-electron chi connectivity index (χ3n) is 2.50. The number of imidazole rings is 1. The first-order valence-electron chi connectivity index (χ1n) is 4.97. The minimum atomic E-state index is -0.533. The Kier molecular flexibility index (Phi) is 3.09. The van der Waals surface area contributed by atoms with Crippen LogP contribution in [0.3, 0.4) is 0 Å². The standard InChI is InChI=1S/C10H13ClN4O/c1-6(16)10(12-2)15-5-14-8-7(15)3-4-13-9(8)11/h3-6,10,12,16H,1-2H3. The molecule has 0 saturated heterocycles. The fraction of sp³-hybridized carbons (Fsp3) is 0.400. The summed E-state index contributed by atoms with van der Waals surface area (Å²) in [5, 5.41) is 13.0. The predicted molar refractivity (Wildman–Crippen MR) is 62.3 cm³/mol. The zero-order valence-electron chi connectivity index (χ0n) is 9.05. The monoisotopic (exact) mass is 240 g/mol. The molecule has 2 heterocycles. The van der Waals surface area contributed by atoms with Gasteiger partial charge in [-0.2, -0.15) is 0 Å². The number of aliphatic hydroxyl groups is 1. The van der Waals surface area contributed by atoms with Gasteiger partial charge in [0.2, 0.25) is 0 Å². The maximum absolute atomic E-state index is 9.65. The lowest BCUT2D eigenvalue weighted by atomic mass is 10.3. The van der Waals surface area contributed by atoms with Crippen molar-refractivity contribution >= 4 is 22.6 Å². The molecule has 2 aromatic heterocycles. The highest BCUT2D eigenvalue weighted by atomic mass is 35.5. The van der Waals surface area contributed by atoms with E-state index in [-0.39, 0.29) is 6.17 Å². The van der Waals surface area contributed by atoms with Crippen molar-refractivity contribution in [3.8, 4) is 0 Å². The summed E-state index contributed by atoms with van der Waals surface area (Å²) in [4.78, 5) is 8.14. The number of aromatic nitrogens is 3. The minimum Gasteiger partial charge on any atom is -0.390 e. The molecule has 2 aromatic rings. The van der Waals surface area contributed by atoms with Gasteiger partial charge in [-0.1, -0.05) is 11.6 Å². The average Bonchev–Trinajstić information content (AvgIpc) is 2.64. The fourth-order valence-electron chi connectivity index (χ4n) is 1.76. The van der Waals surface area contributed by atoms with E-state index < -0.39 is 6.10 Å². The zero-order valence-corrected chi connectivity index (χ0v) is 9.81. The van der Waals surface area contributed by atoms with E-state index in [9.17, 15) is 5.11 Å². The van der Waals surface area contributed by atoms with Crippen LogP contribution in [0, 0.1) is 0 Å². The second kappa shape index (κ2) is 4.37. The van der Waals surface area contributed by atoms with Gasteiger partial charge in [-0.3, -0.25) is 5.32 Å². The Balaban J connectivity index is 2.57. The van der Waals surface area contributed by atoms with Gasteiger partial charge in [0.15, 0.2) is 5.15 Å². The zero-order chi connectivity index (χ0) is 11.7. The van der Waals surface area contributed by atoms with Gasteiger partial charge < -0.3 is 9.67 Å².